The second kappa shape index (κ2) is 5.15. The van der Waals surface area contributed by atoms with Crippen molar-refractivity contribution in [3.05, 3.63) is 28.2 Å². The minimum atomic E-state index is 0.434. The lowest BCUT2D eigenvalue weighted by atomic mass is 9.85. The average Bonchev–Trinajstić information content (AvgIpc) is 2.14. The molecule has 2 nitrogen and oxygen atoms in total. The molecule has 1 aromatic carbocycles. The van der Waals surface area contributed by atoms with Crippen molar-refractivity contribution in [2.75, 3.05) is 11.9 Å². The van der Waals surface area contributed by atoms with Gasteiger partial charge in [-0.15, -0.1) is 0 Å². The van der Waals surface area contributed by atoms with Gasteiger partial charge in [-0.1, -0.05) is 24.7 Å². The molecule has 1 aliphatic carbocycles. The molecular formula is C12H15BrN2S. The number of thiocarbonyl (C=S) groups is 1. The summed E-state index contributed by atoms with van der Waals surface area (Å²) in [6.07, 6.45) is 4.04. The normalized spacial score (nSPS) is 15.6. The summed E-state index contributed by atoms with van der Waals surface area (Å²) in [5.74, 6) is 0.818. The molecule has 1 fully saturated rings. The van der Waals surface area contributed by atoms with Crippen LogP contribution in [0.15, 0.2) is 22.7 Å². The molecule has 2 rings (SSSR count). The smallest absolute Gasteiger partial charge is 0.107 e. The fourth-order valence-electron chi connectivity index (χ4n) is 1.87. The predicted molar refractivity (Wildman–Crippen MR) is 75.9 cm³/mol. The van der Waals surface area contributed by atoms with E-state index in [9.17, 15) is 0 Å². The highest BCUT2D eigenvalue weighted by atomic mass is 79.9. The van der Waals surface area contributed by atoms with Gasteiger partial charge in [-0.3, -0.25) is 0 Å². The SMILES string of the molecule is NC(=S)c1c(Br)cccc1NCC1CCC1. The van der Waals surface area contributed by atoms with Crippen LogP contribution < -0.4 is 11.1 Å². The summed E-state index contributed by atoms with van der Waals surface area (Å²) < 4.78 is 0.957. The zero-order valence-electron chi connectivity index (χ0n) is 9.00. The lowest BCUT2D eigenvalue weighted by Crippen LogP contribution is -2.22. The highest BCUT2D eigenvalue weighted by Gasteiger charge is 2.17. The van der Waals surface area contributed by atoms with Gasteiger partial charge in [0.15, 0.2) is 0 Å². The lowest BCUT2D eigenvalue weighted by Gasteiger charge is -2.26. The van der Waals surface area contributed by atoms with E-state index < -0.39 is 0 Å². The monoisotopic (exact) mass is 298 g/mol. The molecule has 0 radical (unpaired) electrons. The third-order valence-corrected chi connectivity index (χ3v) is 3.93. The molecule has 16 heavy (non-hydrogen) atoms. The van der Waals surface area contributed by atoms with Gasteiger partial charge in [0.1, 0.15) is 4.99 Å². The zero-order chi connectivity index (χ0) is 11.5. The number of rotatable bonds is 4. The van der Waals surface area contributed by atoms with Crippen molar-refractivity contribution in [3.63, 3.8) is 0 Å². The van der Waals surface area contributed by atoms with Crippen LogP contribution in [0.2, 0.25) is 0 Å². The molecule has 0 aromatic heterocycles. The van der Waals surface area contributed by atoms with E-state index in [4.69, 9.17) is 18.0 Å². The molecule has 0 amide bonds. The molecule has 0 spiro atoms. The molecule has 0 saturated heterocycles. The van der Waals surface area contributed by atoms with Gasteiger partial charge in [-0.25, -0.2) is 0 Å². The Kier molecular flexibility index (Phi) is 3.82. The van der Waals surface area contributed by atoms with E-state index in [0.29, 0.717) is 4.99 Å². The molecule has 0 bridgehead atoms. The Bertz CT molecular complexity index is 402. The van der Waals surface area contributed by atoms with Crippen molar-refractivity contribution in [2.45, 2.75) is 19.3 Å². The third-order valence-electron chi connectivity index (χ3n) is 3.07. The van der Waals surface area contributed by atoms with E-state index in [1.165, 1.54) is 19.3 Å². The first-order valence-electron chi connectivity index (χ1n) is 5.50. The Labute approximate surface area is 110 Å². The molecule has 1 aromatic rings. The number of hydrogen-bond acceptors (Lipinski definition) is 2. The second-order valence-electron chi connectivity index (χ2n) is 4.20. The van der Waals surface area contributed by atoms with Crippen LogP contribution in [0.4, 0.5) is 5.69 Å². The molecule has 0 aliphatic heterocycles. The molecule has 0 atom stereocenters. The maximum Gasteiger partial charge on any atom is 0.107 e. The van der Waals surface area contributed by atoms with Gasteiger partial charge in [0.05, 0.1) is 0 Å². The second-order valence-corrected chi connectivity index (χ2v) is 5.50. The predicted octanol–water partition coefficient (Wildman–Crippen LogP) is 3.30. The molecule has 3 N–H and O–H groups in total. The zero-order valence-corrected chi connectivity index (χ0v) is 11.4. The topological polar surface area (TPSA) is 38.0 Å². The van der Waals surface area contributed by atoms with Crippen molar-refractivity contribution >= 4 is 38.8 Å². The summed E-state index contributed by atoms with van der Waals surface area (Å²) in [5, 5.41) is 3.44. The highest BCUT2D eigenvalue weighted by Crippen LogP contribution is 2.29. The van der Waals surface area contributed by atoms with E-state index in [0.717, 1.165) is 28.2 Å². The average molecular weight is 299 g/mol. The van der Waals surface area contributed by atoms with Gasteiger partial charge in [-0.05, 0) is 46.8 Å². The van der Waals surface area contributed by atoms with Crippen molar-refractivity contribution < 1.29 is 0 Å². The summed E-state index contributed by atoms with van der Waals surface area (Å²) in [6, 6.07) is 5.98. The molecule has 0 heterocycles. The number of hydrogen-bond donors (Lipinski definition) is 2. The van der Waals surface area contributed by atoms with Gasteiger partial charge >= 0.3 is 0 Å². The fourth-order valence-corrected chi connectivity index (χ4v) is 2.80. The largest absolute Gasteiger partial charge is 0.389 e. The molecule has 86 valence electrons. The van der Waals surface area contributed by atoms with Gasteiger partial charge in [0.25, 0.3) is 0 Å². The summed E-state index contributed by atoms with van der Waals surface area (Å²) >= 11 is 8.55. The molecule has 0 unspecified atom stereocenters. The molecule has 1 saturated carbocycles. The minimum Gasteiger partial charge on any atom is -0.389 e. The Balaban J connectivity index is 2.12. The van der Waals surface area contributed by atoms with Gasteiger partial charge in [0, 0.05) is 22.3 Å². The summed E-state index contributed by atoms with van der Waals surface area (Å²) in [5.41, 5.74) is 7.68. The molecule has 4 heteroatoms. The Morgan fingerprint density at radius 1 is 1.50 bits per heavy atom. The standard InChI is InChI=1S/C12H15BrN2S/c13-9-5-2-6-10(11(9)12(14)16)15-7-8-3-1-4-8/h2,5-6,8,15H,1,3-4,7H2,(H2,14,16). The van der Waals surface area contributed by atoms with Crippen LogP contribution >= 0.6 is 28.1 Å². The van der Waals surface area contributed by atoms with Crippen LogP contribution in [-0.2, 0) is 0 Å². The molecule has 1 aliphatic rings. The minimum absolute atomic E-state index is 0.434. The first-order valence-corrected chi connectivity index (χ1v) is 6.71. The summed E-state index contributed by atoms with van der Waals surface area (Å²) in [6.45, 7) is 1.02. The lowest BCUT2D eigenvalue weighted by molar-refractivity contribution is 0.333. The Morgan fingerprint density at radius 3 is 2.81 bits per heavy atom. The van der Waals surface area contributed by atoms with Crippen LogP contribution in [0.3, 0.4) is 0 Å². The van der Waals surface area contributed by atoms with E-state index >= 15 is 0 Å². The first kappa shape index (κ1) is 11.9. The quantitative estimate of drug-likeness (QED) is 0.838. The molecular weight excluding hydrogens is 284 g/mol. The highest BCUT2D eigenvalue weighted by molar-refractivity contribution is 9.10. The van der Waals surface area contributed by atoms with Crippen LogP contribution in [0.25, 0.3) is 0 Å². The van der Waals surface area contributed by atoms with Gasteiger partial charge < -0.3 is 11.1 Å². The maximum absolute atomic E-state index is 5.73. The third kappa shape index (κ3) is 2.55. The number of halogens is 1. The number of anilines is 1. The fraction of sp³-hybridized carbons (Fsp3) is 0.417. The Hall–Kier alpha value is -0.610. The van der Waals surface area contributed by atoms with E-state index in [-0.39, 0.29) is 0 Å². The van der Waals surface area contributed by atoms with Crippen LogP contribution in [0, 0.1) is 5.92 Å². The van der Waals surface area contributed by atoms with Crippen LogP contribution in [0.1, 0.15) is 24.8 Å². The van der Waals surface area contributed by atoms with E-state index in [1.54, 1.807) is 0 Å². The van der Waals surface area contributed by atoms with Crippen molar-refractivity contribution in [2.24, 2.45) is 11.7 Å². The Morgan fingerprint density at radius 2 is 2.25 bits per heavy atom. The first-order chi connectivity index (χ1) is 7.68. The number of nitrogens with two attached hydrogens (primary N) is 1. The number of benzene rings is 1. The van der Waals surface area contributed by atoms with Gasteiger partial charge in [-0.2, -0.15) is 0 Å². The van der Waals surface area contributed by atoms with Crippen molar-refractivity contribution in [1.29, 1.82) is 0 Å². The van der Waals surface area contributed by atoms with Crippen LogP contribution in [0.5, 0.6) is 0 Å². The van der Waals surface area contributed by atoms with Crippen molar-refractivity contribution in [3.8, 4) is 0 Å². The van der Waals surface area contributed by atoms with E-state index in [1.807, 2.05) is 18.2 Å². The maximum atomic E-state index is 5.73. The van der Waals surface area contributed by atoms with Crippen LogP contribution in [-0.4, -0.2) is 11.5 Å². The summed E-state index contributed by atoms with van der Waals surface area (Å²) in [7, 11) is 0. The van der Waals surface area contributed by atoms with Gasteiger partial charge in [0.2, 0.25) is 0 Å². The van der Waals surface area contributed by atoms with Crippen molar-refractivity contribution in [1.82, 2.24) is 0 Å². The summed E-state index contributed by atoms with van der Waals surface area (Å²) in [4.78, 5) is 0.434. The number of nitrogens with one attached hydrogen (secondary N) is 1. The van der Waals surface area contributed by atoms with E-state index in [2.05, 4.69) is 21.2 Å².